The van der Waals surface area contributed by atoms with Crippen molar-refractivity contribution in [1.82, 2.24) is 20.1 Å². The van der Waals surface area contributed by atoms with Gasteiger partial charge in [0.2, 0.25) is 17.5 Å². The number of aryl methyl sites for hydroxylation is 1. The van der Waals surface area contributed by atoms with Gasteiger partial charge in [0.15, 0.2) is 0 Å². The first kappa shape index (κ1) is 11.7. The van der Waals surface area contributed by atoms with Crippen LogP contribution in [0.5, 0.6) is 0 Å². The minimum Gasteiger partial charge on any atom is -0.339 e. The highest BCUT2D eigenvalue weighted by Crippen LogP contribution is 2.12. The monoisotopic (exact) mass is 233 g/mol. The minimum atomic E-state index is 0.431. The van der Waals surface area contributed by atoms with E-state index in [-0.39, 0.29) is 0 Å². The number of nitrogens with zero attached hydrogens (tertiary/aromatic N) is 4. The van der Waals surface area contributed by atoms with Crippen LogP contribution in [0.4, 0.5) is 0 Å². The molecule has 0 spiro atoms. The molecule has 0 fully saturated rings. The second kappa shape index (κ2) is 5.49. The fraction of sp³-hybridized carbons (Fsp3) is 0.455. The molecule has 0 saturated carbocycles. The predicted octanol–water partition coefficient (Wildman–Crippen LogP) is 1.05. The van der Waals surface area contributed by atoms with Gasteiger partial charge in [0, 0.05) is 18.8 Å². The first-order valence-electron chi connectivity index (χ1n) is 5.59. The van der Waals surface area contributed by atoms with Gasteiger partial charge in [-0.25, -0.2) is 9.97 Å². The highest BCUT2D eigenvalue weighted by atomic mass is 16.5. The summed E-state index contributed by atoms with van der Waals surface area (Å²) in [5.74, 6) is 1.97. The number of nitrogens with two attached hydrogens (primary N) is 1. The van der Waals surface area contributed by atoms with Crippen molar-refractivity contribution in [1.29, 1.82) is 0 Å². The lowest BCUT2D eigenvalue weighted by atomic mass is 10.1. The molecule has 0 aliphatic carbocycles. The van der Waals surface area contributed by atoms with E-state index < -0.39 is 0 Å². The van der Waals surface area contributed by atoms with Crippen LogP contribution in [-0.2, 0) is 6.42 Å². The number of rotatable bonds is 5. The summed E-state index contributed by atoms with van der Waals surface area (Å²) in [6.45, 7) is 2.76. The van der Waals surface area contributed by atoms with Crippen molar-refractivity contribution in [3.05, 3.63) is 24.4 Å². The van der Waals surface area contributed by atoms with Crippen LogP contribution in [0.2, 0.25) is 0 Å². The highest BCUT2D eigenvalue weighted by molar-refractivity contribution is 5.40. The van der Waals surface area contributed by atoms with Crippen molar-refractivity contribution in [2.24, 2.45) is 11.7 Å². The zero-order valence-electron chi connectivity index (χ0n) is 9.71. The van der Waals surface area contributed by atoms with E-state index in [1.54, 1.807) is 18.5 Å². The molecule has 1 atom stereocenters. The molecular formula is C11H15N5O. The van der Waals surface area contributed by atoms with Gasteiger partial charge in [-0.05, 0) is 24.9 Å². The van der Waals surface area contributed by atoms with Gasteiger partial charge in [0.25, 0.3) is 0 Å². The standard InChI is InChI=1S/C11H15N5O/c1-8(7-12)3-4-9-15-11(16-17-9)10-13-5-2-6-14-10/h2,5-6,8H,3-4,7,12H2,1H3. The lowest BCUT2D eigenvalue weighted by molar-refractivity contribution is 0.366. The van der Waals surface area contributed by atoms with Crippen LogP contribution in [0.15, 0.2) is 23.0 Å². The van der Waals surface area contributed by atoms with E-state index in [1.165, 1.54) is 0 Å². The third kappa shape index (κ3) is 3.07. The Bertz CT molecular complexity index is 456. The maximum absolute atomic E-state index is 5.55. The van der Waals surface area contributed by atoms with E-state index in [9.17, 15) is 0 Å². The van der Waals surface area contributed by atoms with Gasteiger partial charge >= 0.3 is 0 Å². The Morgan fingerprint density at radius 2 is 2.06 bits per heavy atom. The van der Waals surface area contributed by atoms with Crippen LogP contribution in [0.3, 0.4) is 0 Å². The van der Waals surface area contributed by atoms with Crippen molar-refractivity contribution in [2.75, 3.05) is 6.54 Å². The van der Waals surface area contributed by atoms with Gasteiger partial charge in [-0.15, -0.1) is 0 Å². The molecule has 17 heavy (non-hydrogen) atoms. The van der Waals surface area contributed by atoms with Crippen LogP contribution in [0.25, 0.3) is 11.6 Å². The van der Waals surface area contributed by atoms with Crippen LogP contribution >= 0.6 is 0 Å². The van der Waals surface area contributed by atoms with Gasteiger partial charge in [0.1, 0.15) is 0 Å². The lowest BCUT2D eigenvalue weighted by Gasteiger charge is -2.03. The summed E-state index contributed by atoms with van der Waals surface area (Å²) in [7, 11) is 0. The summed E-state index contributed by atoms with van der Waals surface area (Å²) in [5.41, 5.74) is 5.55. The molecule has 0 bridgehead atoms. The fourth-order valence-corrected chi connectivity index (χ4v) is 1.35. The summed E-state index contributed by atoms with van der Waals surface area (Å²) in [4.78, 5) is 12.4. The normalized spacial score (nSPS) is 12.6. The fourth-order valence-electron chi connectivity index (χ4n) is 1.35. The van der Waals surface area contributed by atoms with Crippen LogP contribution in [0.1, 0.15) is 19.2 Å². The predicted molar refractivity (Wildman–Crippen MR) is 61.9 cm³/mol. The maximum atomic E-state index is 5.55. The molecule has 0 aliphatic rings. The Morgan fingerprint density at radius 1 is 1.29 bits per heavy atom. The van der Waals surface area contributed by atoms with Crippen LogP contribution < -0.4 is 5.73 Å². The molecule has 6 heteroatoms. The largest absolute Gasteiger partial charge is 0.339 e. The van der Waals surface area contributed by atoms with E-state index in [1.807, 2.05) is 0 Å². The van der Waals surface area contributed by atoms with Gasteiger partial charge in [-0.3, -0.25) is 0 Å². The van der Waals surface area contributed by atoms with E-state index >= 15 is 0 Å². The van der Waals surface area contributed by atoms with Crippen molar-refractivity contribution in [3.63, 3.8) is 0 Å². The van der Waals surface area contributed by atoms with Gasteiger partial charge in [0.05, 0.1) is 0 Å². The molecule has 0 radical (unpaired) electrons. The van der Waals surface area contributed by atoms with E-state index in [2.05, 4.69) is 27.0 Å². The van der Waals surface area contributed by atoms with E-state index in [4.69, 9.17) is 10.3 Å². The molecule has 0 aliphatic heterocycles. The molecule has 2 heterocycles. The summed E-state index contributed by atoms with van der Waals surface area (Å²) in [6.07, 6.45) is 4.97. The van der Waals surface area contributed by atoms with Gasteiger partial charge in [-0.1, -0.05) is 12.1 Å². The third-order valence-corrected chi connectivity index (χ3v) is 2.49. The topological polar surface area (TPSA) is 90.7 Å². The highest BCUT2D eigenvalue weighted by Gasteiger charge is 2.11. The summed E-state index contributed by atoms with van der Waals surface area (Å²) in [5, 5.41) is 3.85. The molecule has 90 valence electrons. The Hall–Kier alpha value is -1.82. The van der Waals surface area contributed by atoms with Crippen LogP contribution in [-0.4, -0.2) is 26.7 Å². The molecule has 2 rings (SSSR count). The SMILES string of the molecule is CC(CN)CCc1nc(-c2ncccn2)no1. The molecule has 2 aromatic rings. The van der Waals surface area contributed by atoms with Crippen molar-refractivity contribution < 1.29 is 4.52 Å². The Balaban J connectivity index is 2.01. The van der Waals surface area contributed by atoms with Crippen molar-refractivity contribution in [2.45, 2.75) is 19.8 Å². The zero-order valence-corrected chi connectivity index (χ0v) is 9.71. The third-order valence-electron chi connectivity index (χ3n) is 2.49. The number of hydrogen-bond acceptors (Lipinski definition) is 6. The molecule has 0 saturated heterocycles. The molecule has 2 aromatic heterocycles. The van der Waals surface area contributed by atoms with Crippen molar-refractivity contribution in [3.8, 4) is 11.6 Å². The summed E-state index contributed by atoms with van der Waals surface area (Å²) in [6, 6.07) is 1.74. The average Bonchev–Trinajstić information content (AvgIpc) is 2.86. The number of hydrogen-bond donors (Lipinski definition) is 1. The van der Waals surface area contributed by atoms with Gasteiger partial charge in [-0.2, -0.15) is 4.98 Å². The van der Waals surface area contributed by atoms with E-state index in [0.29, 0.717) is 30.0 Å². The number of aromatic nitrogens is 4. The Kier molecular flexibility index (Phi) is 3.77. The maximum Gasteiger partial charge on any atom is 0.240 e. The molecule has 0 aromatic carbocycles. The Labute approximate surface area is 99.3 Å². The molecule has 0 amide bonds. The summed E-state index contributed by atoms with van der Waals surface area (Å²) < 4.78 is 5.13. The summed E-state index contributed by atoms with van der Waals surface area (Å²) >= 11 is 0. The molecular weight excluding hydrogens is 218 g/mol. The average molecular weight is 233 g/mol. The minimum absolute atomic E-state index is 0.431. The quantitative estimate of drug-likeness (QED) is 0.830. The Morgan fingerprint density at radius 3 is 2.76 bits per heavy atom. The van der Waals surface area contributed by atoms with Gasteiger partial charge < -0.3 is 10.3 Å². The van der Waals surface area contributed by atoms with E-state index in [0.717, 1.165) is 12.8 Å². The molecule has 1 unspecified atom stereocenters. The first-order valence-corrected chi connectivity index (χ1v) is 5.59. The van der Waals surface area contributed by atoms with Crippen molar-refractivity contribution >= 4 is 0 Å². The molecule has 6 nitrogen and oxygen atoms in total. The zero-order chi connectivity index (χ0) is 12.1. The molecule has 2 N–H and O–H groups in total. The first-order chi connectivity index (χ1) is 8.29. The van der Waals surface area contributed by atoms with Crippen LogP contribution in [0, 0.1) is 5.92 Å². The second-order valence-corrected chi connectivity index (χ2v) is 3.96. The smallest absolute Gasteiger partial charge is 0.240 e. The second-order valence-electron chi connectivity index (χ2n) is 3.96. The lowest BCUT2D eigenvalue weighted by Crippen LogP contribution is -2.11.